The van der Waals surface area contributed by atoms with Crippen LogP contribution in [0.1, 0.15) is 16.5 Å². The molecule has 1 unspecified atom stereocenters. The number of ether oxygens (including phenoxy) is 1. The second kappa shape index (κ2) is 5.69. The maximum atomic E-state index is 13.4. The maximum absolute atomic E-state index is 13.4. The summed E-state index contributed by atoms with van der Waals surface area (Å²) in [6.07, 6.45) is -0.855. The van der Waals surface area contributed by atoms with Gasteiger partial charge in [-0.15, -0.1) is 11.3 Å². The first-order valence-electron chi connectivity index (χ1n) is 4.98. The number of hydrogen-bond acceptors (Lipinski definition) is 3. The molecular weight excluding hydrogens is 387 g/mol. The Balaban J connectivity index is 2.50. The monoisotopic (exact) mass is 394 g/mol. The predicted octanol–water partition coefficient (Wildman–Crippen LogP) is 4.50. The smallest absolute Gasteiger partial charge is 0.141 e. The molecule has 1 atom stereocenters. The molecule has 0 aliphatic heterocycles. The molecule has 0 saturated heterocycles. The van der Waals surface area contributed by atoms with E-state index >= 15 is 0 Å². The lowest BCUT2D eigenvalue weighted by atomic mass is 10.1. The van der Waals surface area contributed by atoms with Gasteiger partial charge in [-0.2, -0.15) is 0 Å². The Hall–Kier alpha value is -0.430. The Morgan fingerprint density at radius 3 is 2.61 bits per heavy atom. The van der Waals surface area contributed by atoms with E-state index in [1.54, 1.807) is 0 Å². The fourth-order valence-corrected chi connectivity index (χ4v) is 3.53. The minimum atomic E-state index is -0.855. The highest BCUT2D eigenvalue weighted by Crippen LogP contribution is 2.38. The van der Waals surface area contributed by atoms with Crippen molar-refractivity contribution in [3.63, 3.8) is 0 Å². The van der Waals surface area contributed by atoms with Crippen LogP contribution < -0.4 is 4.74 Å². The fraction of sp³-hybridized carbons (Fsp3) is 0.167. The number of rotatable bonds is 3. The van der Waals surface area contributed by atoms with Crippen molar-refractivity contribution in [2.24, 2.45) is 0 Å². The average molecular weight is 396 g/mol. The Morgan fingerprint density at radius 1 is 1.33 bits per heavy atom. The molecule has 2 aromatic rings. The summed E-state index contributed by atoms with van der Waals surface area (Å²) in [5, 5.41) is 12.2. The summed E-state index contributed by atoms with van der Waals surface area (Å²) in [6.45, 7) is 0. The van der Waals surface area contributed by atoms with Crippen molar-refractivity contribution in [2.45, 2.75) is 6.10 Å². The van der Waals surface area contributed by atoms with Crippen LogP contribution in [-0.2, 0) is 0 Å². The molecule has 2 nitrogen and oxygen atoms in total. The molecule has 0 saturated carbocycles. The van der Waals surface area contributed by atoms with E-state index in [4.69, 9.17) is 4.74 Å². The highest BCUT2D eigenvalue weighted by molar-refractivity contribution is 9.10. The second-order valence-corrected chi connectivity index (χ2v) is 6.20. The third-order valence-electron chi connectivity index (χ3n) is 2.46. The van der Waals surface area contributed by atoms with E-state index in [0.29, 0.717) is 15.8 Å². The third-order valence-corrected chi connectivity index (χ3v) is 4.99. The Kier molecular flexibility index (Phi) is 4.42. The number of benzene rings is 1. The van der Waals surface area contributed by atoms with Crippen LogP contribution in [0.5, 0.6) is 5.75 Å². The number of aliphatic hydroxyl groups excluding tert-OH is 1. The highest BCUT2D eigenvalue weighted by atomic mass is 79.9. The minimum Gasteiger partial charge on any atom is -0.496 e. The van der Waals surface area contributed by atoms with Gasteiger partial charge in [0, 0.05) is 16.1 Å². The van der Waals surface area contributed by atoms with Crippen LogP contribution >= 0.6 is 43.2 Å². The van der Waals surface area contributed by atoms with Crippen LogP contribution in [0.4, 0.5) is 4.39 Å². The van der Waals surface area contributed by atoms with E-state index < -0.39 is 11.9 Å². The van der Waals surface area contributed by atoms with Gasteiger partial charge in [0.05, 0.1) is 16.5 Å². The number of aliphatic hydroxyl groups is 1. The molecule has 0 fully saturated rings. The molecule has 1 heterocycles. The summed E-state index contributed by atoms with van der Waals surface area (Å²) in [5.74, 6) is -0.100. The second-order valence-electron chi connectivity index (χ2n) is 3.54. The van der Waals surface area contributed by atoms with Gasteiger partial charge in [0.15, 0.2) is 0 Å². The highest BCUT2D eigenvalue weighted by Gasteiger charge is 2.21. The first-order chi connectivity index (χ1) is 8.54. The number of thiophene rings is 1. The zero-order valence-corrected chi connectivity index (χ0v) is 13.3. The van der Waals surface area contributed by atoms with Gasteiger partial charge in [0.2, 0.25) is 0 Å². The van der Waals surface area contributed by atoms with Gasteiger partial charge in [-0.3, -0.25) is 0 Å². The average Bonchev–Trinajstić information content (AvgIpc) is 2.77. The van der Waals surface area contributed by atoms with E-state index in [9.17, 15) is 9.50 Å². The fourth-order valence-electron chi connectivity index (χ4n) is 1.58. The first kappa shape index (κ1) is 14.0. The van der Waals surface area contributed by atoms with Crippen molar-refractivity contribution in [1.29, 1.82) is 0 Å². The number of hydrogen-bond donors (Lipinski definition) is 1. The molecule has 0 aliphatic carbocycles. The van der Waals surface area contributed by atoms with Crippen LogP contribution in [0, 0.1) is 5.82 Å². The molecule has 1 aromatic carbocycles. The first-order valence-corrected chi connectivity index (χ1v) is 7.45. The lowest BCUT2D eigenvalue weighted by Crippen LogP contribution is -2.02. The lowest BCUT2D eigenvalue weighted by molar-refractivity contribution is 0.217. The predicted molar refractivity (Wildman–Crippen MR) is 76.7 cm³/mol. The van der Waals surface area contributed by atoms with E-state index in [1.807, 2.05) is 11.4 Å². The molecular formula is C12H9Br2FO2S. The van der Waals surface area contributed by atoms with Gasteiger partial charge in [-0.05, 0) is 49.4 Å². The molecule has 1 aromatic heterocycles. The van der Waals surface area contributed by atoms with Crippen LogP contribution in [0.3, 0.4) is 0 Å². The van der Waals surface area contributed by atoms with Gasteiger partial charge in [-0.25, -0.2) is 4.39 Å². The van der Waals surface area contributed by atoms with Gasteiger partial charge in [0.1, 0.15) is 17.7 Å². The van der Waals surface area contributed by atoms with Crippen molar-refractivity contribution in [3.8, 4) is 5.75 Å². The standard InChI is InChI=1S/C12H9Br2FO2S/c1-17-10-5-9(15)8(14)4-6(10)11(16)12-7(13)2-3-18-12/h2-5,11,16H,1H3. The van der Waals surface area contributed by atoms with Crippen molar-refractivity contribution < 1.29 is 14.2 Å². The largest absolute Gasteiger partial charge is 0.496 e. The van der Waals surface area contributed by atoms with Gasteiger partial charge in [-0.1, -0.05) is 0 Å². The molecule has 0 radical (unpaired) electrons. The normalized spacial score (nSPS) is 12.5. The Morgan fingerprint density at radius 2 is 2.06 bits per heavy atom. The third kappa shape index (κ3) is 2.61. The Labute approximate surface area is 125 Å². The van der Waals surface area contributed by atoms with Crippen molar-refractivity contribution in [2.75, 3.05) is 7.11 Å². The van der Waals surface area contributed by atoms with Gasteiger partial charge in [0.25, 0.3) is 0 Å². The molecule has 6 heteroatoms. The van der Waals surface area contributed by atoms with Crippen molar-refractivity contribution >= 4 is 43.2 Å². The summed E-state index contributed by atoms with van der Waals surface area (Å²) in [5.41, 5.74) is 0.522. The summed E-state index contributed by atoms with van der Waals surface area (Å²) in [7, 11) is 1.45. The van der Waals surface area contributed by atoms with Crippen LogP contribution in [0.25, 0.3) is 0 Å². The number of halogens is 3. The maximum Gasteiger partial charge on any atom is 0.141 e. The Bertz CT molecular complexity index is 571. The van der Waals surface area contributed by atoms with E-state index in [-0.39, 0.29) is 0 Å². The molecule has 0 aliphatic rings. The van der Waals surface area contributed by atoms with Crippen molar-refractivity contribution in [1.82, 2.24) is 0 Å². The van der Waals surface area contributed by atoms with Gasteiger partial charge >= 0.3 is 0 Å². The lowest BCUT2D eigenvalue weighted by Gasteiger charge is -2.15. The SMILES string of the molecule is COc1cc(F)c(Br)cc1C(O)c1sccc1Br. The minimum absolute atomic E-state index is 0.296. The molecule has 0 spiro atoms. The van der Waals surface area contributed by atoms with Gasteiger partial charge < -0.3 is 9.84 Å². The summed E-state index contributed by atoms with van der Waals surface area (Å²) in [4.78, 5) is 0.756. The van der Waals surface area contributed by atoms with E-state index in [2.05, 4.69) is 31.9 Å². The molecule has 2 rings (SSSR count). The molecule has 0 amide bonds. The quantitative estimate of drug-likeness (QED) is 0.828. The van der Waals surface area contributed by atoms with Crippen LogP contribution in [-0.4, -0.2) is 12.2 Å². The zero-order valence-electron chi connectivity index (χ0n) is 9.28. The van der Waals surface area contributed by atoms with E-state index in [0.717, 1.165) is 9.35 Å². The number of methoxy groups -OCH3 is 1. The molecule has 96 valence electrons. The topological polar surface area (TPSA) is 29.5 Å². The van der Waals surface area contributed by atoms with Crippen molar-refractivity contribution in [3.05, 3.63) is 48.8 Å². The molecule has 1 N–H and O–H groups in total. The van der Waals surface area contributed by atoms with E-state index in [1.165, 1.54) is 30.6 Å². The summed E-state index contributed by atoms with van der Waals surface area (Å²) >= 11 is 7.90. The molecule has 0 bridgehead atoms. The van der Waals surface area contributed by atoms with Crippen LogP contribution in [0.2, 0.25) is 0 Å². The zero-order chi connectivity index (χ0) is 13.3. The van der Waals surface area contributed by atoms with Crippen LogP contribution in [0.15, 0.2) is 32.5 Å². The summed E-state index contributed by atoms with van der Waals surface area (Å²) < 4.78 is 19.6. The molecule has 18 heavy (non-hydrogen) atoms. The summed E-state index contributed by atoms with van der Waals surface area (Å²) in [6, 6.07) is 4.64.